The van der Waals surface area contributed by atoms with Gasteiger partial charge < -0.3 is 10.2 Å². The molecule has 4 aromatic rings. The molecule has 1 atom stereocenters. The maximum absolute atomic E-state index is 12.6. The maximum atomic E-state index is 12.6. The van der Waals surface area contributed by atoms with E-state index in [1.54, 1.807) is 18.2 Å². The molecule has 3 aromatic carbocycles. The first-order valence-corrected chi connectivity index (χ1v) is 8.58. The minimum Gasteiger partial charge on any atom is -0.508 e. The molecular formula is C22H17N3O2. The zero-order valence-electron chi connectivity index (χ0n) is 14.7. The van der Waals surface area contributed by atoms with Crippen LogP contribution in [0.1, 0.15) is 33.9 Å². The smallest absolute Gasteiger partial charge is 0.268 e. The highest BCUT2D eigenvalue weighted by molar-refractivity contribution is 5.89. The topological polar surface area (TPSA) is 92.7 Å². The van der Waals surface area contributed by atoms with E-state index in [1.807, 2.05) is 49.4 Å². The molecule has 0 fully saturated rings. The molecule has 0 aliphatic rings. The second-order valence-corrected chi connectivity index (χ2v) is 6.50. The van der Waals surface area contributed by atoms with Gasteiger partial charge in [0.2, 0.25) is 0 Å². The lowest BCUT2D eigenvalue weighted by molar-refractivity contribution is 0.468. The van der Waals surface area contributed by atoms with E-state index >= 15 is 0 Å². The number of rotatable bonds is 3. The number of nitriles is 1. The number of benzene rings is 3. The Balaban J connectivity index is 2.07. The molecule has 5 heteroatoms. The third kappa shape index (κ3) is 2.77. The highest BCUT2D eigenvalue weighted by atomic mass is 16.3. The summed E-state index contributed by atoms with van der Waals surface area (Å²) < 4.78 is 0. The van der Waals surface area contributed by atoms with Crippen molar-refractivity contribution in [3.05, 3.63) is 99.0 Å². The molecule has 0 bridgehead atoms. The van der Waals surface area contributed by atoms with Crippen LogP contribution < -0.4 is 5.56 Å². The average molecular weight is 355 g/mol. The Labute approximate surface area is 155 Å². The van der Waals surface area contributed by atoms with Crippen LogP contribution in [0.2, 0.25) is 0 Å². The van der Waals surface area contributed by atoms with Gasteiger partial charge in [-0.25, -0.2) is 0 Å². The van der Waals surface area contributed by atoms with Gasteiger partial charge >= 0.3 is 0 Å². The highest BCUT2D eigenvalue weighted by Crippen LogP contribution is 2.40. The number of H-pyrrole nitrogens is 2. The van der Waals surface area contributed by atoms with Gasteiger partial charge in [-0.1, -0.05) is 42.5 Å². The third-order valence-corrected chi connectivity index (χ3v) is 4.91. The summed E-state index contributed by atoms with van der Waals surface area (Å²) in [5.74, 6) is -0.345. The quantitative estimate of drug-likeness (QED) is 0.520. The summed E-state index contributed by atoms with van der Waals surface area (Å²) in [7, 11) is 0. The van der Waals surface area contributed by atoms with Crippen molar-refractivity contribution in [1.82, 2.24) is 10.2 Å². The molecule has 1 aromatic heterocycles. The molecule has 0 saturated heterocycles. The fourth-order valence-corrected chi connectivity index (χ4v) is 3.62. The van der Waals surface area contributed by atoms with E-state index in [9.17, 15) is 9.90 Å². The summed E-state index contributed by atoms with van der Waals surface area (Å²) in [6, 6.07) is 20.5. The zero-order chi connectivity index (χ0) is 19.0. The Morgan fingerprint density at radius 2 is 1.70 bits per heavy atom. The number of aryl methyl sites for hydroxylation is 1. The lowest BCUT2D eigenvalue weighted by Gasteiger charge is -2.21. The molecule has 3 N–H and O–H groups in total. The van der Waals surface area contributed by atoms with Gasteiger partial charge in [-0.05, 0) is 41.5 Å². The molecule has 0 spiro atoms. The van der Waals surface area contributed by atoms with Gasteiger partial charge in [-0.2, -0.15) is 5.26 Å². The molecule has 27 heavy (non-hydrogen) atoms. The van der Waals surface area contributed by atoms with Gasteiger partial charge in [0.15, 0.2) is 0 Å². The Morgan fingerprint density at radius 1 is 0.963 bits per heavy atom. The first-order chi connectivity index (χ1) is 13.1. The van der Waals surface area contributed by atoms with Crippen LogP contribution in [-0.2, 0) is 0 Å². The monoisotopic (exact) mass is 355 g/mol. The van der Waals surface area contributed by atoms with Gasteiger partial charge in [-0.3, -0.25) is 9.89 Å². The molecule has 1 heterocycles. The minimum absolute atomic E-state index is 0.128. The van der Waals surface area contributed by atoms with Gasteiger partial charge in [0, 0.05) is 17.2 Å². The van der Waals surface area contributed by atoms with E-state index in [0.29, 0.717) is 22.4 Å². The van der Waals surface area contributed by atoms with Crippen molar-refractivity contribution >= 4 is 10.8 Å². The lowest BCUT2D eigenvalue weighted by atomic mass is 9.82. The summed E-state index contributed by atoms with van der Waals surface area (Å²) in [4.78, 5) is 12.6. The van der Waals surface area contributed by atoms with Crippen LogP contribution in [0.15, 0.2) is 65.5 Å². The number of phenols is 1. The van der Waals surface area contributed by atoms with Gasteiger partial charge in [-0.15, -0.1) is 0 Å². The van der Waals surface area contributed by atoms with Crippen molar-refractivity contribution in [2.75, 3.05) is 0 Å². The average Bonchev–Trinajstić information content (AvgIpc) is 3.03. The molecule has 1 unspecified atom stereocenters. The van der Waals surface area contributed by atoms with Crippen LogP contribution in [0, 0.1) is 18.3 Å². The summed E-state index contributed by atoms with van der Waals surface area (Å²) in [6.07, 6.45) is 0. The van der Waals surface area contributed by atoms with Crippen LogP contribution in [-0.4, -0.2) is 15.3 Å². The van der Waals surface area contributed by atoms with Gasteiger partial charge in [0.25, 0.3) is 5.56 Å². The van der Waals surface area contributed by atoms with E-state index in [4.69, 9.17) is 5.26 Å². The van der Waals surface area contributed by atoms with Crippen molar-refractivity contribution in [3.8, 4) is 11.8 Å². The molecule has 0 saturated carbocycles. The van der Waals surface area contributed by atoms with Crippen molar-refractivity contribution in [3.63, 3.8) is 0 Å². The lowest BCUT2D eigenvalue weighted by Crippen LogP contribution is -2.15. The number of fused-ring (bicyclic) bond motifs is 1. The van der Waals surface area contributed by atoms with E-state index in [1.165, 1.54) is 0 Å². The van der Waals surface area contributed by atoms with Gasteiger partial charge in [0.1, 0.15) is 5.75 Å². The van der Waals surface area contributed by atoms with E-state index < -0.39 is 5.92 Å². The number of nitrogens with zero attached hydrogens (tertiary/aromatic N) is 1. The van der Waals surface area contributed by atoms with Crippen LogP contribution in [0.25, 0.3) is 10.8 Å². The van der Waals surface area contributed by atoms with Crippen molar-refractivity contribution in [2.45, 2.75) is 12.8 Å². The molecule has 0 amide bonds. The molecule has 4 rings (SSSR count). The van der Waals surface area contributed by atoms with E-state index in [2.05, 4.69) is 16.3 Å². The number of aromatic nitrogens is 2. The van der Waals surface area contributed by atoms with E-state index in [0.717, 1.165) is 16.3 Å². The van der Waals surface area contributed by atoms with Crippen LogP contribution in [0.3, 0.4) is 0 Å². The van der Waals surface area contributed by atoms with E-state index in [-0.39, 0.29) is 11.3 Å². The van der Waals surface area contributed by atoms with Crippen LogP contribution in [0.5, 0.6) is 5.75 Å². The molecule has 5 nitrogen and oxygen atoms in total. The zero-order valence-corrected chi connectivity index (χ0v) is 14.7. The van der Waals surface area contributed by atoms with Crippen LogP contribution in [0.4, 0.5) is 0 Å². The fourth-order valence-electron chi connectivity index (χ4n) is 3.62. The second kappa shape index (κ2) is 6.50. The van der Waals surface area contributed by atoms with Crippen LogP contribution >= 0.6 is 0 Å². The fraction of sp³-hybridized carbons (Fsp3) is 0.0909. The second-order valence-electron chi connectivity index (χ2n) is 6.50. The molecular weight excluding hydrogens is 338 g/mol. The molecule has 0 radical (unpaired) electrons. The number of hydrogen-bond donors (Lipinski definition) is 3. The number of hydrogen-bond acceptors (Lipinski definition) is 3. The molecule has 0 aliphatic heterocycles. The summed E-state index contributed by atoms with van der Waals surface area (Å²) in [5.41, 5.74) is 3.07. The summed E-state index contributed by atoms with van der Waals surface area (Å²) >= 11 is 0. The number of aromatic amines is 2. The Hall–Kier alpha value is -3.78. The summed E-state index contributed by atoms with van der Waals surface area (Å²) in [5, 5.41) is 27.2. The predicted octanol–water partition coefficient (Wildman–Crippen LogP) is 3.92. The number of nitrogens with one attached hydrogen (secondary N) is 2. The SMILES string of the molecule is Cc1[nH][nH]c(=O)c1C(c1ccc(C#N)cc1)c1c(O)ccc2ccccc12. The third-order valence-electron chi connectivity index (χ3n) is 4.91. The maximum Gasteiger partial charge on any atom is 0.268 e. The number of phenolic OH excluding ortho intramolecular Hbond substituents is 1. The molecule has 0 aliphatic carbocycles. The highest BCUT2D eigenvalue weighted by Gasteiger charge is 2.27. The molecule has 132 valence electrons. The first kappa shape index (κ1) is 16.7. The summed E-state index contributed by atoms with van der Waals surface area (Å²) in [6.45, 7) is 1.83. The Morgan fingerprint density at radius 3 is 2.37 bits per heavy atom. The standard InChI is InChI=1S/C22H17N3O2/c1-13-19(22(27)25-24-13)20(16-8-6-14(12-23)7-9-16)21-17-5-3-2-4-15(17)10-11-18(21)26/h2-11,20,26H,1H3,(H2,24,25,27). The van der Waals surface area contributed by atoms with Crippen molar-refractivity contribution in [1.29, 1.82) is 5.26 Å². The predicted molar refractivity (Wildman–Crippen MR) is 104 cm³/mol. The van der Waals surface area contributed by atoms with Crippen molar-refractivity contribution in [2.24, 2.45) is 0 Å². The Bertz CT molecular complexity index is 1230. The van der Waals surface area contributed by atoms with Gasteiger partial charge in [0.05, 0.1) is 17.2 Å². The first-order valence-electron chi connectivity index (χ1n) is 8.58. The normalized spacial score (nSPS) is 12.0. The Kier molecular flexibility index (Phi) is 4.02. The van der Waals surface area contributed by atoms with Crippen molar-refractivity contribution < 1.29 is 5.11 Å². The number of aromatic hydroxyl groups is 1. The largest absolute Gasteiger partial charge is 0.508 e. The minimum atomic E-state index is -0.473.